The van der Waals surface area contributed by atoms with Gasteiger partial charge in [-0.2, -0.15) is 0 Å². The average molecular weight is 1200 g/mol. The fourth-order valence-corrected chi connectivity index (χ4v) is 12.4. The smallest absolute Gasteiger partial charge is 0.151 e. The number of aromatic nitrogens is 5. The number of nitrogens with zero attached hydrogens (tertiary/aromatic N) is 5. The van der Waals surface area contributed by atoms with Crippen LogP contribution in [0.4, 0.5) is 0 Å². The topological polar surface area (TPSA) is 72.9 Å². The number of benzene rings is 9. The van der Waals surface area contributed by atoms with Crippen molar-refractivity contribution in [3.05, 3.63) is 192 Å². The van der Waals surface area contributed by atoms with Crippen LogP contribution in [0.5, 0.6) is 5.75 Å². The molecule has 5 aromatic heterocycles. The molecule has 0 aliphatic carbocycles. The summed E-state index contributed by atoms with van der Waals surface area (Å²) in [7, 11) is 0. The summed E-state index contributed by atoms with van der Waals surface area (Å²) in [5, 5.41) is 18.3. The van der Waals surface area contributed by atoms with Gasteiger partial charge in [0.15, 0.2) is 11.2 Å². The molecule has 0 bridgehead atoms. The Hall–Kier alpha value is -7.99. The second kappa shape index (κ2) is 17.8. The maximum absolute atomic E-state index is 12.8. The van der Waals surface area contributed by atoms with Crippen LogP contribution in [0.15, 0.2) is 168 Å². The molecule has 0 radical (unpaired) electrons. The number of phenols is 1. The van der Waals surface area contributed by atoms with Crippen molar-refractivity contribution in [3.63, 3.8) is 0 Å². The first-order chi connectivity index (χ1) is 37.1. The number of imidazole rings is 2. The van der Waals surface area contributed by atoms with E-state index in [1.807, 2.05) is 12.1 Å². The number of fused-ring (bicyclic) bond motifs is 15. The minimum absolute atomic E-state index is 0. The van der Waals surface area contributed by atoms with Crippen LogP contribution in [0.3, 0.4) is 0 Å². The van der Waals surface area contributed by atoms with E-state index in [0.29, 0.717) is 11.4 Å². The van der Waals surface area contributed by atoms with Gasteiger partial charge in [-0.1, -0.05) is 189 Å². The summed E-state index contributed by atoms with van der Waals surface area (Å²) in [4.78, 5) is 11.6. The molecule has 8 heteroatoms. The molecule has 0 atom stereocenters. The van der Waals surface area contributed by atoms with E-state index in [9.17, 15) is 5.11 Å². The van der Waals surface area contributed by atoms with Gasteiger partial charge in [0.25, 0.3) is 0 Å². The van der Waals surface area contributed by atoms with Gasteiger partial charge in [-0.05, 0) is 121 Å². The Bertz CT molecular complexity index is 4760. The van der Waals surface area contributed by atoms with Gasteiger partial charge in [0.1, 0.15) is 11.6 Å². The van der Waals surface area contributed by atoms with Crippen LogP contribution < -0.4 is 0 Å². The van der Waals surface area contributed by atoms with E-state index in [2.05, 4.69) is 240 Å². The molecule has 0 unspecified atom stereocenters. The molecule has 0 aliphatic rings. The van der Waals surface area contributed by atoms with Crippen LogP contribution in [0.1, 0.15) is 103 Å². The summed E-state index contributed by atoms with van der Waals surface area (Å²) in [6.45, 7) is 22.4. The monoisotopic (exact) mass is 1200 g/mol. The number of hydrogen-bond donors (Lipinski definition) is 1. The Balaban J connectivity index is 0.00000579. The maximum atomic E-state index is 12.8. The van der Waals surface area contributed by atoms with Crippen molar-refractivity contribution in [1.29, 1.82) is 0 Å². The van der Waals surface area contributed by atoms with Gasteiger partial charge in [0.05, 0.1) is 50.0 Å². The zero-order chi connectivity index (χ0) is 53.0. The van der Waals surface area contributed by atoms with Gasteiger partial charge >= 0.3 is 0 Å². The van der Waals surface area contributed by atoms with Gasteiger partial charge in [-0.25, -0.2) is 4.98 Å². The van der Waals surface area contributed by atoms with E-state index in [1.165, 1.54) is 22.3 Å². The van der Waals surface area contributed by atoms with Crippen molar-refractivity contribution < 1.29 is 30.6 Å². The summed E-state index contributed by atoms with van der Waals surface area (Å²) in [5.41, 5.74) is 20.4. The first-order valence-electron chi connectivity index (χ1n) is 27.1. The first kappa shape index (κ1) is 49.6. The Labute approximate surface area is 468 Å². The Morgan fingerprint density at radius 3 is 1.82 bits per heavy atom. The third-order valence-corrected chi connectivity index (χ3v) is 16.2. The quantitative estimate of drug-likeness (QED) is 0.102. The minimum Gasteiger partial charge on any atom is -0.507 e. The molecule has 0 aliphatic heterocycles. The fraction of sp³-hybridized carbons (Fsp3) is 0.200. The van der Waals surface area contributed by atoms with E-state index < -0.39 is 0 Å². The second-order valence-electron chi connectivity index (χ2n) is 23.9. The molecule has 1 N–H and O–H groups in total. The molecular formula is C70H60N5O2Pt-. The standard InChI is InChI=1S/C70H60N5O2.Pt/c1-39(2)49-35-42(41-21-12-11-13-22-41)36-50(40(3)4)64(49)75-57-30-19-25-45(63(57)72-68(75)51-37-43(69(5,6)7)38-52(66(51)76)70(8,9)10)44-24-18-29-56-62(44)71-67-48-33-34-55-61(60(48)46-23-14-15-27-53(46)74(56)67)47-26-20-32-59-65(47)73(55)54-28-16-17-31-58(54)77-59;/h11-32,34-40,76H,1-10H3;/q-1;. The van der Waals surface area contributed by atoms with Crippen molar-refractivity contribution in [2.45, 2.75) is 91.9 Å². The molecule has 0 saturated heterocycles. The molecule has 14 aromatic rings. The minimum atomic E-state index is -0.351. The van der Waals surface area contributed by atoms with Crippen molar-refractivity contribution in [1.82, 2.24) is 23.3 Å². The zero-order valence-electron chi connectivity index (χ0n) is 45.7. The predicted molar refractivity (Wildman–Crippen MR) is 320 cm³/mol. The van der Waals surface area contributed by atoms with Gasteiger partial charge in [0, 0.05) is 43.3 Å². The van der Waals surface area contributed by atoms with Gasteiger partial charge in [-0.15, -0.1) is 12.1 Å². The molecule has 7 nitrogen and oxygen atoms in total. The van der Waals surface area contributed by atoms with Crippen LogP contribution in [0, 0.1) is 6.07 Å². The number of para-hydroxylation sites is 6. The predicted octanol–water partition coefficient (Wildman–Crippen LogP) is 18.8. The summed E-state index contributed by atoms with van der Waals surface area (Å²) in [5.74, 6) is 1.27. The zero-order valence-corrected chi connectivity index (χ0v) is 47.9. The van der Waals surface area contributed by atoms with Gasteiger partial charge < -0.3 is 18.3 Å². The Morgan fingerprint density at radius 1 is 0.526 bits per heavy atom. The largest absolute Gasteiger partial charge is 0.507 e. The summed E-state index contributed by atoms with van der Waals surface area (Å²) in [6, 6.07) is 62.3. The van der Waals surface area contributed by atoms with E-state index in [0.717, 1.165) is 116 Å². The molecule has 0 saturated carbocycles. The normalized spacial score (nSPS) is 12.7. The Kier molecular flexibility index (Phi) is 11.3. The van der Waals surface area contributed by atoms with Crippen LogP contribution in [0.25, 0.3) is 127 Å². The summed E-state index contributed by atoms with van der Waals surface area (Å²) < 4.78 is 13.6. The van der Waals surface area contributed by atoms with E-state index in [4.69, 9.17) is 14.4 Å². The summed E-state index contributed by atoms with van der Waals surface area (Å²) in [6.07, 6.45) is 0. The van der Waals surface area contributed by atoms with E-state index in [1.54, 1.807) is 0 Å². The number of rotatable bonds is 6. The third kappa shape index (κ3) is 7.27. The molecule has 5 heterocycles. The molecule has 388 valence electrons. The van der Waals surface area contributed by atoms with Crippen LogP contribution in [0.2, 0.25) is 0 Å². The molecule has 9 aromatic carbocycles. The van der Waals surface area contributed by atoms with Gasteiger partial charge in [0.2, 0.25) is 0 Å². The van der Waals surface area contributed by atoms with E-state index in [-0.39, 0.29) is 49.5 Å². The molecule has 0 fully saturated rings. The third-order valence-electron chi connectivity index (χ3n) is 16.2. The average Bonchev–Trinajstić information content (AvgIpc) is 4.00. The molecule has 14 rings (SSSR count). The SMILES string of the molecule is CC(C)c1cc(-c2ccccc2)cc(C(C)C)c1-n1c(-c2cc(C(C)(C)C)cc(C(C)(C)C)c2O)nc2c(-c3cccc4c3nc3c5[c-]cc6c(c7cccc8oc9ccccc9n6c87)c5c5ccccc5n43)cccc21.[Pt]. The van der Waals surface area contributed by atoms with Crippen molar-refractivity contribution in [2.24, 2.45) is 0 Å². The van der Waals surface area contributed by atoms with Crippen molar-refractivity contribution in [2.75, 3.05) is 0 Å². The molecule has 78 heavy (non-hydrogen) atoms. The Morgan fingerprint density at radius 2 is 1.13 bits per heavy atom. The van der Waals surface area contributed by atoms with E-state index >= 15 is 0 Å². The molecule has 0 amide bonds. The van der Waals surface area contributed by atoms with Crippen LogP contribution in [-0.2, 0) is 31.9 Å². The van der Waals surface area contributed by atoms with Gasteiger partial charge in [-0.3, -0.25) is 9.55 Å². The first-order valence-corrected chi connectivity index (χ1v) is 27.1. The summed E-state index contributed by atoms with van der Waals surface area (Å²) >= 11 is 0. The molecule has 0 spiro atoms. The van der Waals surface area contributed by atoms with Crippen molar-refractivity contribution in [3.8, 4) is 45.1 Å². The number of phenolic OH excluding ortho intramolecular Hbond substituents is 1. The van der Waals surface area contributed by atoms with Crippen LogP contribution >= 0.6 is 0 Å². The second-order valence-corrected chi connectivity index (χ2v) is 23.9. The number of hydrogen-bond acceptors (Lipinski definition) is 4. The van der Waals surface area contributed by atoms with Crippen LogP contribution in [-0.4, -0.2) is 28.4 Å². The number of aromatic hydroxyl groups is 1. The fourth-order valence-electron chi connectivity index (χ4n) is 12.4. The number of pyridine rings is 1. The van der Waals surface area contributed by atoms with Crippen molar-refractivity contribution >= 4 is 87.9 Å². The molecular weight excluding hydrogens is 1140 g/mol. The maximum Gasteiger partial charge on any atom is 0.151 e.